The van der Waals surface area contributed by atoms with Crippen molar-refractivity contribution in [3.8, 4) is 5.75 Å². The zero-order chi connectivity index (χ0) is 9.52. The summed E-state index contributed by atoms with van der Waals surface area (Å²) in [6.45, 7) is 0.701. The van der Waals surface area contributed by atoms with Gasteiger partial charge in [-0.2, -0.15) is 0 Å². The average molecular weight is 185 g/mol. The highest BCUT2D eigenvalue weighted by Crippen LogP contribution is 2.14. The number of halogens is 1. The Hall–Kier alpha value is -1.13. The van der Waals surface area contributed by atoms with Crippen molar-refractivity contribution < 1.29 is 14.0 Å². The Labute approximate surface area is 76.4 Å². The van der Waals surface area contributed by atoms with Crippen molar-refractivity contribution in [2.45, 2.75) is 0 Å². The fourth-order valence-corrected chi connectivity index (χ4v) is 0.857. The molecule has 0 bridgehead atoms. The first-order valence-electron chi connectivity index (χ1n) is 4.00. The minimum Gasteiger partial charge on any atom is -0.488 e. The first-order chi connectivity index (χ1) is 6.34. The lowest BCUT2D eigenvalue weighted by Crippen LogP contribution is -2.14. The second kappa shape index (κ2) is 5.50. The molecular weight excluding hydrogens is 173 g/mol. The normalized spacial score (nSPS) is 10.0. The van der Waals surface area contributed by atoms with Gasteiger partial charge in [-0.3, -0.25) is 4.84 Å². The van der Waals surface area contributed by atoms with E-state index in [1.165, 1.54) is 6.07 Å². The lowest BCUT2D eigenvalue weighted by Gasteiger charge is -2.06. The van der Waals surface area contributed by atoms with Gasteiger partial charge in [-0.15, -0.1) is 0 Å². The molecule has 1 N–H and O–H groups in total. The van der Waals surface area contributed by atoms with E-state index < -0.39 is 0 Å². The van der Waals surface area contributed by atoms with Crippen LogP contribution in [0.3, 0.4) is 0 Å². The van der Waals surface area contributed by atoms with E-state index in [2.05, 4.69) is 5.48 Å². The van der Waals surface area contributed by atoms with Gasteiger partial charge in [0.25, 0.3) is 0 Å². The van der Waals surface area contributed by atoms with Crippen LogP contribution in [0, 0.1) is 5.82 Å². The van der Waals surface area contributed by atoms with E-state index in [9.17, 15) is 4.39 Å². The van der Waals surface area contributed by atoms with Gasteiger partial charge in [0.05, 0.1) is 0 Å². The third-order valence-electron chi connectivity index (χ3n) is 1.42. The van der Waals surface area contributed by atoms with Gasteiger partial charge >= 0.3 is 0 Å². The molecule has 1 aromatic carbocycles. The standard InChI is InChI=1S/C9H12FNO2/c1-11-13-7-6-12-9-5-3-2-4-8(9)10/h2-5,11H,6-7H2,1H3. The first kappa shape index (κ1) is 9.95. The predicted molar refractivity (Wildman–Crippen MR) is 46.9 cm³/mol. The van der Waals surface area contributed by atoms with Crippen molar-refractivity contribution in [1.29, 1.82) is 0 Å². The Bertz CT molecular complexity index is 255. The Kier molecular flexibility index (Phi) is 4.21. The van der Waals surface area contributed by atoms with Gasteiger partial charge in [0.15, 0.2) is 11.6 Å². The molecule has 1 rings (SSSR count). The van der Waals surface area contributed by atoms with Crippen molar-refractivity contribution in [2.24, 2.45) is 0 Å². The van der Waals surface area contributed by atoms with Crippen LogP contribution in [0.15, 0.2) is 24.3 Å². The Morgan fingerprint density at radius 3 is 2.77 bits per heavy atom. The highest BCUT2D eigenvalue weighted by Gasteiger charge is 1.99. The quantitative estimate of drug-likeness (QED) is 0.555. The molecule has 0 spiro atoms. The van der Waals surface area contributed by atoms with Gasteiger partial charge in [0.2, 0.25) is 0 Å². The van der Waals surface area contributed by atoms with Gasteiger partial charge in [0.1, 0.15) is 13.2 Å². The van der Waals surface area contributed by atoms with Crippen molar-refractivity contribution in [3.63, 3.8) is 0 Å². The molecule has 4 heteroatoms. The van der Waals surface area contributed by atoms with Crippen LogP contribution in [0.25, 0.3) is 0 Å². The molecule has 0 aliphatic carbocycles. The summed E-state index contributed by atoms with van der Waals surface area (Å²) in [5.41, 5.74) is 2.49. The summed E-state index contributed by atoms with van der Waals surface area (Å²) in [7, 11) is 1.66. The van der Waals surface area contributed by atoms with Gasteiger partial charge in [0, 0.05) is 7.05 Å². The van der Waals surface area contributed by atoms with E-state index >= 15 is 0 Å². The predicted octanol–water partition coefficient (Wildman–Crippen LogP) is 1.36. The number of hydrogen-bond donors (Lipinski definition) is 1. The summed E-state index contributed by atoms with van der Waals surface area (Å²) in [5.74, 6) is -0.103. The summed E-state index contributed by atoms with van der Waals surface area (Å²) < 4.78 is 18.0. The van der Waals surface area contributed by atoms with E-state index in [-0.39, 0.29) is 11.6 Å². The molecule has 0 radical (unpaired) electrons. The number of hydroxylamine groups is 1. The van der Waals surface area contributed by atoms with Crippen LogP contribution < -0.4 is 10.2 Å². The molecule has 3 nitrogen and oxygen atoms in total. The maximum Gasteiger partial charge on any atom is 0.165 e. The molecular formula is C9H12FNO2. The van der Waals surface area contributed by atoms with Crippen molar-refractivity contribution >= 4 is 0 Å². The summed E-state index contributed by atoms with van der Waals surface area (Å²) in [5, 5.41) is 0. The van der Waals surface area contributed by atoms with Crippen molar-refractivity contribution in [2.75, 3.05) is 20.3 Å². The lowest BCUT2D eigenvalue weighted by atomic mass is 10.3. The molecule has 0 amide bonds. The molecule has 0 unspecified atom stereocenters. The van der Waals surface area contributed by atoms with Crippen molar-refractivity contribution in [1.82, 2.24) is 5.48 Å². The second-order valence-electron chi connectivity index (χ2n) is 2.33. The van der Waals surface area contributed by atoms with Crippen LogP contribution in [0.4, 0.5) is 4.39 Å². The number of para-hydroxylation sites is 1. The molecule has 72 valence electrons. The SMILES string of the molecule is CNOCCOc1ccccc1F. The summed E-state index contributed by atoms with van der Waals surface area (Å²) >= 11 is 0. The molecule has 0 aromatic heterocycles. The van der Waals surface area contributed by atoms with Gasteiger partial charge in [-0.25, -0.2) is 9.87 Å². The topological polar surface area (TPSA) is 30.5 Å². The first-order valence-corrected chi connectivity index (χ1v) is 4.00. The van der Waals surface area contributed by atoms with Crippen molar-refractivity contribution in [3.05, 3.63) is 30.1 Å². The fraction of sp³-hybridized carbons (Fsp3) is 0.333. The number of benzene rings is 1. The third-order valence-corrected chi connectivity index (χ3v) is 1.42. The minimum atomic E-state index is -0.355. The van der Waals surface area contributed by atoms with Gasteiger partial charge in [-0.05, 0) is 12.1 Å². The minimum absolute atomic E-state index is 0.252. The fourth-order valence-electron chi connectivity index (χ4n) is 0.857. The Morgan fingerprint density at radius 2 is 2.08 bits per heavy atom. The maximum absolute atomic E-state index is 12.9. The summed E-state index contributed by atoms with van der Waals surface area (Å²) in [6.07, 6.45) is 0. The number of ether oxygens (including phenoxy) is 1. The van der Waals surface area contributed by atoms with Crippen LogP contribution in [-0.2, 0) is 4.84 Å². The third kappa shape index (κ3) is 3.40. The summed E-state index contributed by atoms with van der Waals surface area (Å²) in [6, 6.07) is 6.27. The molecule has 13 heavy (non-hydrogen) atoms. The second-order valence-corrected chi connectivity index (χ2v) is 2.33. The molecule has 1 aromatic rings. The smallest absolute Gasteiger partial charge is 0.165 e. The number of nitrogens with one attached hydrogen (secondary N) is 1. The molecule has 0 atom stereocenters. The van der Waals surface area contributed by atoms with Crippen LogP contribution in [0.1, 0.15) is 0 Å². The van der Waals surface area contributed by atoms with Crippen LogP contribution in [0.5, 0.6) is 5.75 Å². The molecule has 0 fully saturated rings. The molecule has 0 saturated heterocycles. The number of hydrogen-bond acceptors (Lipinski definition) is 3. The van der Waals surface area contributed by atoms with E-state index in [4.69, 9.17) is 9.57 Å². The van der Waals surface area contributed by atoms with E-state index in [1.807, 2.05) is 0 Å². The van der Waals surface area contributed by atoms with E-state index in [0.717, 1.165) is 0 Å². The Morgan fingerprint density at radius 1 is 1.31 bits per heavy atom. The number of rotatable bonds is 5. The highest BCUT2D eigenvalue weighted by atomic mass is 19.1. The Balaban J connectivity index is 2.32. The zero-order valence-corrected chi connectivity index (χ0v) is 7.42. The van der Waals surface area contributed by atoms with E-state index in [0.29, 0.717) is 13.2 Å². The van der Waals surface area contributed by atoms with Crippen LogP contribution >= 0.6 is 0 Å². The summed E-state index contributed by atoms with van der Waals surface area (Å²) in [4.78, 5) is 4.80. The monoisotopic (exact) mass is 185 g/mol. The molecule has 0 heterocycles. The average Bonchev–Trinajstić information content (AvgIpc) is 2.15. The van der Waals surface area contributed by atoms with Crippen LogP contribution in [-0.4, -0.2) is 20.3 Å². The van der Waals surface area contributed by atoms with Crippen LogP contribution in [0.2, 0.25) is 0 Å². The van der Waals surface area contributed by atoms with Gasteiger partial charge in [-0.1, -0.05) is 12.1 Å². The largest absolute Gasteiger partial charge is 0.488 e. The zero-order valence-electron chi connectivity index (χ0n) is 7.42. The molecule has 0 aliphatic rings. The lowest BCUT2D eigenvalue weighted by molar-refractivity contribution is 0.0360. The molecule has 0 aliphatic heterocycles. The van der Waals surface area contributed by atoms with Gasteiger partial charge < -0.3 is 4.74 Å². The van der Waals surface area contributed by atoms with E-state index in [1.54, 1.807) is 25.2 Å². The highest BCUT2D eigenvalue weighted by molar-refractivity contribution is 5.23. The molecule has 0 saturated carbocycles. The maximum atomic E-state index is 12.9.